The smallest absolute Gasteiger partial charge is 0.242 e. The van der Waals surface area contributed by atoms with Crippen LogP contribution in [0.25, 0.3) is 0 Å². The third-order valence-electron chi connectivity index (χ3n) is 4.25. The van der Waals surface area contributed by atoms with Gasteiger partial charge in [-0.05, 0) is 37.4 Å². The van der Waals surface area contributed by atoms with Crippen LogP contribution < -0.4 is 10.5 Å². The lowest BCUT2D eigenvalue weighted by atomic mass is 9.89. The van der Waals surface area contributed by atoms with E-state index in [9.17, 15) is 8.42 Å². The van der Waals surface area contributed by atoms with Gasteiger partial charge in [0.1, 0.15) is 4.90 Å². The number of sulfonamides is 1. The monoisotopic (exact) mass is 326 g/mol. The zero-order valence-corrected chi connectivity index (χ0v) is 14.9. The minimum Gasteiger partial charge on any atom is -0.397 e. The fourth-order valence-electron chi connectivity index (χ4n) is 2.84. The first-order chi connectivity index (χ1) is 10.5. The number of nitrogens with two attached hydrogens (primary N) is 1. The molecular weight excluding hydrogens is 296 g/mol. The van der Waals surface area contributed by atoms with Crippen molar-refractivity contribution in [3.8, 4) is 0 Å². The highest BCUT2D eigenvalue weighted by atomic mass is 32.2. The van der Waals surface area contributed by atoms with Crippen molar-refractivity contribution in [3.63, 3.8) is 0 Å². The van der Waals surface area contributed by atoms with Crippen molar-refractivity contribution in [1.29, 1.82) is 0 Å². The largest absolute Gasteiger partial charge is 0.397 e. The SMILES string of the molecule is CCCCCCCC(CC)c1cccc(S(=O)(=O)NC)c1N. The van der Waals surface area contributed by atoms with Gasteiger partial charge in [-0.1, -0.05) is 58.1 Å². The van der Waals surface area contributed by atoms with E-state index in [0.29, 0.717) is 11.6 Å². The van der Waals surface area contributed by atoms with Gasteiger partial charge in [0.05, 0.1) is 5.69 Å². The number of hydrogen-bond acceptors (Lipinski definition) is 3. The van der Waals surface area contributed by atoms with Crippen molar-refractivity contribution in [1.82, 2.24) is 4.72 Å². The summed E-state index contributed by atoms with van der Waals surface area (Å²) in [6, 6.07) is 5.32. The van der Waals surface area contributed by atoms with Gasteiger partial charge in [-0.2, -0.15) is 0 Å². The molecule has 0 fully saturated rings. The van der Waals surface area contributed by atoms with Crippen molar-refractivity contribution in [2.24, 2.45) is 0 Å². The molecule has 0 aliphatic heterocycles. The van der Waals surface area contributed by atoms with Crippen molar-refractivity contribution in [2.75, 3.05) is 12.8 Å². The molecule has 0 heterocycles. The van der Waals surface area contributed by atoms with Gasteiger partial charge in [0, 0.05) is 0 Å². The highest BCUT2D eigenvalue weighted by Gasteiger charge is 2.20. The molecule has 1 aromatic carbocycles. The molecule has 0 radical (unpaired) electrons. The fraction of sp³-hybridized carbons (Fsp3) is 0.647. The van der Waals surface area contributed by atoms with Crippen LogP contribution in [0.5, 0.6) is 0 Å². The van der Waals surface area contributed by atoms with Gasteiger partial charge < -0.3 is 5.73 Å². The minimum absolute atomic E-state index is 0.192. The van der Waals surface area contributed by atoms with Crippen molar-refractivity contribution in [3.05, 3.63) is 23.8 Å². The van der Waals surface area contributed by atoms with E-state index >= 15 is 0 Å². The Hall–Kier alpha value is -1.07. The van der Waals surface area contributed by atoms with Crippen LogP contribution in [-0.4, -0.2) is 15.5 Å². The Morgan fingerprint density at radius 2 is 1.82 bits per heavy atom. The third kappa shape index (κ3) is 4.99. The van der Waals surface area contributed by atoms with E-state index in [2.05, 4.69) is 18.6 Å². The number of rotatable bonds is 10. The van der Waals surface area contributed by atoms with Gasteiger partial charge in [0.15, 0.2) is 0 Å². The highest BCUT2D eigenvalue weighted by molar-refractivity contribution is 7.89. The zero-order chi connectivity index (χ0) is 16.6. The van der Waals surface area contributed by atoms with E-state index in [1.165, 1.54) is 39.2 Å². The quantitative estimate of drug-likeness (QED) is 0.503. The molecule has 0 amide bonds. The molecular formula is C17H30N2O2S. The number of anilines is 1. The van der Waals surface area contributed by atoms with Crippen LogP contribution in [0.1, 0.15) is 70.3 Å². The summed E-state index contributed by atoms with van der Waals surface area (Å²) in [4.78, 5) is 0.192. The first-order valence-corrected chi connectivity index (χ1v) is 9.78. The Labute approximate surface area is 135 Å². The maximum absolute atomic E-state index is 12.0. The number of hydrogen-bond donors (Lipinski definition) is 2. The number of nitrogen functional groups attached to an aromatic ring is 1. The van der Waals surface area contributed by atoms with Crippen LogP contribution in [0.4, 0.5) is 5.69 Å². The molecule has 0 saturated heterocycles. The predicted octanol–water partition coefficient (Wildman–Crippen LogP) is 4.03. The normalized spacial score (nSPS) is 13.2. The van der Waals surface area contributed by atoms with Crippen molar-refractivity contribution in [2.45, 2.75) is 69.6 Å². The molecule has 5 heteroatoms. The Morgan fingerprint density at radius 1 is 1.14 bits per heavy atom. The van der Waals surface area contributed by atoms with Crippen molar-refractivity contribution < 1.29 is 8.42 Å². The Balaban J connectivity index is 2.87. The van der Waals surface area contributed by atoms with E-state index in [1.807, 2.05) is 6.07 Å². The topological polar surface area (TPSA) is 72.2 Å². The van der Waals surface area contributed by atoms with Crippen LogP contribution in [0.15, 0.2) is 23.1 Å². The number of unbranched alkanes of at least 4 members (excludes halogenated alkanes) is 4. The molecule has 3 N–H and O–H groups in total. The van der Waals surface area contributed by atoms with Crippen molar-refractivity contribution >= 4 is 15.7 Å². The number of benzene rings is 1. The molecule has 1 unspecified atom stereocenters. The molecule has 0 aliphatic carbocycles. The Kier molecular flexibility index (Phi) is 7.90. The average molecular weight is 327 g/mol. The summed E-state index contributed by atoms with van der Waals surface area (Å²) in [6.45, 7) is 4.35. The first-order valence-electron chi connectivity index (χ1n) is 8.29. The summed E-state index contributed by atoms with van der Waals surface area (Å²) in [6.07, 6.45) is 8.24. The van der Waals surface area contributed by atoms with Gasteiger partial charge in [0.25, 0.3) is 0 Å². The van der Waals surface area contributed by atoms with E-state index < -0.39 is 10.0 Å². The lowest BCUT2D eigenvalue weighted by Crippen LogP contribution is -2.20. The molecule has 0 aliphatic rings. The summed E-state index contributed by atoms with van der Waals surface area (Å²) in [5, 5.41) is 0. The van der Waals surface area contributed by atoms with E-state index in [0.717, 1.165) is 18.4 Å². The van der Waals surface area contributed by atoms with Crippen LogP contribution in [0.3, 0.4) is 0 Å². The molecule has 22 heavy (non-hydrogen) atoms. The summed E-state index contributed by atoms with van der Waals surface area (Å²) in [5.41, 5.74) is 7.52. The molecule has 0 saturated carbocycles. The second kappa shape index (κ2) is 9.16. The molecule has 4 nitrogen and oxygen atoms in total. The van der Waals surface area contributed by atoms with E-state index in [-0.39, 0.29) is 4.90 Å². The molecule has 0 bridgehead atoms. The molecule has 0 aromatic heterocycles. The van der Waals surface area contributed by atoms with E-state index in [1.54, 1.807) is 12.1 Å². The number of para-hydroxylation sites is 1. The standard InChI is InChI=1S/C17H30N2O2S/c1-4-6-7-8-9-11-14(5-2)15-12-10-13-16(17(15)18)22(20,21)19-3/h10,12-14,19H,4-9,11,18H2,1-3H3. The maximum Gasteiger partial charge on any atom is 0.242 e. The Bertz CT molecular complexity index is 556. The number of nitrogens with one attached hydrogen (secondary N) is 1. The van der Waals surface area contributed by atoms with Crippen LogP contribution in [0.2, 0.25) is 0 Å². The third-order valence-corrected chi connectivity index (χ3v) is 5.72. The fourth-order valence-corrected chi connectivity index (χ4v) is 3.72. The minimum atomic E-state index is -3.50. The summed E-state index contributed by atoms with van der Waals surface area (Å²) < 4.78 is 26.4. The predicted molar refractivity (Wildman–Crippen MR) is 93.5 cm³/mol. The lowest BCUT2D eigenvalue weighted by Gasteiger charge is -2.19. The van der Waals surface area contributed by atoms with Gasteiger partial charge in [-0.25, -0.2) is 13.1 Å². The molecule has 1 rings (SSSR count). The summed E-state index contributed by atoms with van der Waals surface area (Å²) in [7, 11) is -2.09. The summed E-state index contributed by atoms with van der Waals surface area (Å²) >= 11 is 0. The van der Waals surface area contributed by atoms with Gasteiger partial charge >= 0.3 is 0 Å². The van der Waals surface area contributed by atoms with Crippen LogP contribution in [-0.2, 0) is 10.0 Å². The van der Waals surface area contributed by atoms with Gasteiger partial charge in [0.2, 0.25) is 10.0 Å². The van der Waals surface area contributed by atoms with E-state index in [4.69, 9.17) is 5.73 Å². The summed E-state index contributed by atoms with van der Waals surface area (Å²) in [5.74, 6) is 0.327. The van der Waals surface area contributed by atoms with Crippen LogP contribution in [0, 0.1) is 0 Å². The maximum atomic E-state index is 12.0. The zero-order valence-electron chi connectivity index (χ0n) is 14.1. The van der Waals surface area contributed by atoms with Gasteiger partial charge in [-0.3, -0.25) is 0 Å². The Morgan fingerprint density at radius 3 is 2.41 bits per heavy atom. The second-order valence-electron chi connectivity index (χ2n) is 5.77. The molecule has 1 aromatic rings. The first kappa shape index (κ1) is 19.0. The molecule has 0 spiro atoms. The van der Waals surface area contributed by atoms with Crippen LogP contribution >= 0.6 is 0 Å². The highest BCUT2D eigenvalue weighted by Crippen LogP contribution is 2.33. The second-order valence-corrected chi connectivity index (χ2v) is 7.63. The lowest BCUT2D eigenvalue weighted by molar-refractivity contribution is 0.535. The molecule has 1 atom stereocenters. The molecule has 126 valence electrons. The average Bonchev–Trinajstić information content (AvgIpc) is 2.51. The van der Waals surface area contributed by atoms with Gasteiger partial charge in [-0.15, -0.1) is 0 Å².